The molecule has 1 aromatic rings. The molecule has 36 heavy (non-hydrogen) atoms. The summed E-state index contributed by atoms with van der Waals surface area (Å²) in [5.41, 5.74) is 12.4. The summed E-state index contributed by atoms with van der Waals surface area (Å²) in [6.07, 6.45) is 1.18. The van der Waals surface area contributed by atoms with Crippen LogP contribution in [0.5, 0.6) is 5.75 Å². The van der Waals surface area contributed by atoms with Crippen LogP contribution in [-0.2, 0) is 25.6 Å². The number of carboxylic acid groups (broad SMARTS) is 1. The largest absolute Gasteiger partial charge is 0.508 e. The first-order chi connectivity index (χ1) is 17.0. The van der Waals surface area contributed by atoms with Gasteiger partial charge in [0, 0.05) is 6.54 Å². The fourth-order valence-corrected chi connectivity index (χ4v) is 4.16. The summed E-state index contributed by atoms with van der Waals surface area (Å²) < 4.78 is 0. The highest BCUT2D eigenvalue weighted by Gasteiger charge is 2.38. The van der Waals surface area contributed by atoms with E-state index in [-0.39, 0.29) is 18.6 Å². The van der Waals surface area contributed by atoms with Crippen LogP contribution in [0.2, 0.25) is 0 Å². The molecule has 5 unspecified atom stereocenters. The molecule has 0 aromatic heterocycles. The Morgan fingerprint density at radius 3 is 2.39 bits per heavy atom. The molecule has 1 aliphatic heterocycles. The van der Waals surface area contributed by atoms with Gasteiger partial charge in [0.2, 0.25) is 17.7 Å². The van der Waals surface area contributed by atoms with E-state index in [1.807, 2.05) is 0 Å². The number of benzene rings is 1. The summed E-state index contributed by atoms with van der Waals surface area (Å²) in [5, 5.41) is 33.3. The van der Waals surface area contributed by atoms with Crippen molar-refractivity contribution in [1.82, 2.24) is 15.5 Å². The highest BCUT2D eigenvalue weighted by atomic mass is 16.4. The summed E-state index contributed by atoms with van der Waals surface area (Å²) in [5.74, 6) is -2.98. The third-order valence-electron chi connectivity index (χ3n) is 6.17. The Morgan fingerprint density at radius 2 is 1.81 bits per heavy atom. The van der Waals surface area contributed by atoms with Crippen molar-refractivity contribution in [3.63, 3.8) is 0 Å². The van der Waals surface area contributed by atoms with Crippen LogP contribution in [-0.4, -0.2) is 87.3 Å². The van der Waals surface area contributed by atoms with Crippen LogP contribution in [0.15, 0.2) is 24.3 Å². The lowest BCUT2D eigenvalue weighted by molar-refractivity contribution is -0.145. The van der Waals surface area contributed by atoms with Crippen LogP contribution in [0.3, 0.4) is 0 Å². The molecule has 0 spiro atoms. The molecule has 1 saturated heterocycles. The Kier molecular flexibility index (Phi) is 11.1. The van der Waals surface area contributed by atoms with Crippen LogP contribution in [0.25, 0.3) is 0 Å². The topological polar surface area (TPSA) is 208 Å². The molecule has 0 bridgehead atoms. The maximum Gasteiger partial charge on any atom is 0.328 e. The van der Waals surface area contributed by atoms with E-state index in [0.29, 0.717) is 38.8 Å². The average molecular weight is 508 g/mol. The van der Waals surface area contributed by atoms with Crippen LogP contribution in [0, 0.1) is 0 Å². The number of carbonyl (C=O) groups is 4. The molecule has 12 nitrogen and oxygen atoms in total. The lowest BCUT2D eigenvalue weighted by atomic mass is 10.0. The second-order valence-corrected chi connectivity index (χ2v) is 9.08. The van der Waals surface area contributed by atoms with Crippen molar-refractivity contribution < 1.29 is 34.5 Å². The average Bonchev–Trinajstić information content (AvgIpc) is 3.32. The molecule has 1 heterocycles. The second kappa shape index (κ2) is 13.8. The number of nitrogens with one attached hydrogen (secondary N) is 2. The van der Waals surface area contributed by atoms with Gasteiger partial charge in [0.15, 0.2) is 6.04 Å². The SMILES string of the molecule is CC(O)C(NC(=O)C(CCCCN)NC(=O)C1CCCN1C(=O)C(N)Cc1ccc(O)cc1)C(=O)O. The molecule has 9 N–H and O–H groups in total. The highest BCUT2D eigenvalue weighted by Crippen LogP contribution is 2.20. The molecule has 2 rings (SSSR count). The van der Waals surface area contributed by atoms with Gasteiger partial charge in [-0.1, -0.05) is 12.1 Å². The lowest BCUT2D eigenvalue weighted by Crippen LogP contribution is -2.58. The number of nitrogens with two attached hydrogens (primary N) is 2. The molecule has 0 aliphatic carbocycles. The Morgan fingerprint density at radius 1 is 1.14 bits per heavy atom. The van der Waals surface area contributed by atoms with Gasteiger partial charge in [-0.2, -0.15) is 0 Å². The third-order valence-corrected chi connectivity index (χ3v) is 6.17. The summed E-state index contributed by atoms with van der Waals surface area (Å²) >= 11 is 0. The molecule has 12 heteroatoms. The number of aliphatic hydroxyl groups excluding tert-OH is 1. The number of rotatable bonds is 13. The van der Waals surface area contributed by atoms with Crippen molar-refractivity contribution >= 4 is 23.7 Å². The van der Waals surface area contributed by atoms with E-state index in [2.05, 4.69) is 10.6 Å². The predicted molar refractivity (Wildman–Crippen MR) is 131 cm³/mol. The predicted octanol–water partition coefficient (Wildman–Crippen LogP) is -1.18. The van der Waals surface area contributed by atoms with Gasteiger partial charge < -0.3 is 42.3 Å². The number of aliphatic carboxylic acids is 1. The van der Waals surface area contributed by atoms with Crippen molar-refractivity contribution in [3.05, 3.63) is 29.8 Å². The minimum Gasteiger partial charge on any atom is -0.508 e. The van der Waals surface area contributed by atoms with E-state index in [1.165, 1.54) is 24.0 Å². The molecule has 3 amide bonds. The summed E-state index contributed by atoms with van der Waals surface area (Å²) in [6.45, 7) is 1.97. The monoisotopic (exact) mass is 507 g/mol. The first-order valence-electron chi connectivity index (χ1n) is 12.1. The molecular weight excluding hydrogens is 470 g/mol. The fraction of sp³-hybridized carbons (Fsp3) is 0.583. The van der Waals surface area contributed by atoms with E-state index in [4.69, 9.17) is 11.5 Å². The Bertz CT molecular complexity index is 909. The molecule has 5 atom stereocenters. The molecule has 200 valence electrons. The van der Waals surface area contributed by atoms with Crippen LogP contribution >= 0.6 is 0 Å². The van der Waals surface area contributed by atoms with Gasteiger partial charge in [0.1, 0.15) is 17.8 Å². The number of carbonyl (C=O) groups excluding carboxylic acids is 3. The number of phenolic OH excluding ortho intramolecular Hbond substituents is 1. The zero-order valence-electron chi connectivity index (χ0n) is 20.4. The standard InChI is InChI=1S/C24H37N5O7/c1-14(30)20(24(35)36)28-21(32)18(5-2-3-11-25)27-22(33)19-6-4-12-29(19)23(34)17(26)13-15-7-9-16(31)10-8-15/h7-10,14,17-20,30-31H,2-6,11-13,25-26H2,1H3,(H,27,33)(H,28,32)(H,35,36). The third kappa shape index (κ3) is 8.18. The number of amides is 3. The minimum absolute atomic E-state index is 0.100. The molecular formula is C24H37N5O7. The van der Waals surface area contributed by atoms with Crippen LogP contribution < -0.4 is 22.1 Å². The first kappa shape index (κ1) is 29.0. The quantitative estimate of drug-likeness (QED) is 0.160. The van der Waals surface area contributed by atoms with Gasteiger partial charge in [-0.3, -0.25) is 14.4 Å². The Labute approximate surface area is 210 Å². The van der Waals surface area contributed by atoms with Crippen LogP contribution in [0.4, 0.5) is 0 Å². The number of phenols is 1. The highest BCUT2D eigenvalue weighted by molar-refractivity contribution is 5.94. The number of likely N-dealkylation sites (tertiary alicyclic amines) is 1. The number of hydrogen-bond donors (Lipinski definition) is 7. The normalized spacial score (nSPS) is 18.7. The minimum atomic E-state index is -1.53. The Balaban J connectivity index is 2.08. The lowest BCUT2D eigenvalue weighted by Gasteiger charge is -2.29. The smallest absolute Gasteiger partial charge is 0.328 e. The molecule has 1 aromatic carbocycles. The zero-order chi connectivity index (χ0) is 26.8. The molecule has 0 radical (unpaired) electrons. The molecule has 1 fully saturated rings. The van der Waals surface area contributed by atoms with Crippen molar-refractivity contribution in [2.75, 3.05) is 13.1 Å². The van der Waals surface area contributed by atoms with Gasteiger partial charge in [-0.05, 0) is 69.7 Å². The van der Waals surface area contributed by atoms with E-state index < -0.39 is 54.0 Å². The van der Waals surface area contributed by atoms with Gasteiger partial charge in [0.25, 0.3) is 0 Å². The van der Waals surface area contributed by atoms with Crippen molar-refractivity contribution in [1.29, 1.82) is 0 Å². The van der Waals surface area contributed by atoms with Crippen molar-refractivity contribution in [3.8, 4) is 5.75 Å². The number of aliphatic hydroxyl groups is 1. The summed E-state index contributed by atoms with van der Waals surface area (Å²) in [7, 11) is 0. The summed E-state index contributed by atoms with van der Waals surface area (Å²) in [6, 6.07) is 2.02. The van der Waals surface area contributed by atoms with Gasteiger partial charge in [-0.25, -0.2) is 4.79 Å². The number of hydrogen-bond acceptors (Lipinski definition) is 8. The fourth-order valence-electron chi connectivity index (χ4n) is 4.16. The number of nitrogens with zero attached hydrogens (tertiary/aromatic N) is 1. The first-order valence-corrected chi connectivity index (χ1v) is 12.1. The van der Waals surface area contributed by atoms with Crippen LogP contribution in [0.1, 0.15) is 44.6 Å². The molecule has 1 aliphatic rings. The number of aromatic hydroxyl groups is 1. The van der Waals surface area contributed by atoms with Crippen molar-refractivity contribution in [2.24, 2.45) is 11.5 Å². The Hall–Kier alpha value is -3.22. The number of unbranched alkanes of at least 4 members (excludes halogenated alkanes) is 1. The van der Waals surface area contributed by atoms with E-state index in [0.717, 1.165) is 5.56 Å². The maximum atomic E-state index is 13.1. The van der Waals surface area contributed by atoms with Gasteiger partial charge in [0.05, 0.1) is 12.1 Å². The van der Waals surface area contributed by atoms with E-state index in [9.17, 15) is 34.5 Å². The van der Waals surface area contributed by atoms with Gasteiger partial charge in [-0.15, -0.1) is 0 Å². The zero-order valence-corrected chi connectivity index (χ0v) is 20.4. The summed E-state index contributed by atoms with van der Waals surface area (Å²) in [4.78, 5) is 51.8. The van der Waals surface area contributed by atoms with Gasteiger partial charge >= 0.3 is 5.97 Å². The number of carboxylic acids is 1. The maximum absolute atomic E-state index is 13.1. The van der Waals surface area contributed by atoms with E-state index in [1.54, 1.807) is 12.1 Å². The second-order valence-electron chi connectivity index (χ2n) is 9.08. The van der Waals surface area contributed by atoms with Crippen molar-refractivity contribution in [2.45, 2.75) is 75.7 Å². The molecule has 0 saturated carbocycles. The van der Waals surface area contributed by atoms with E-state index >= 15 is 0 Å².